The third kappa shape index (κ3) is 3.86. The summed E-state index contributed by atoms with van der Waals surface area (Å²) in [5.41, 5.74) is 6.09. The van der Waals surface area contributed by atoms with Crippen LogP contribution in [0, 0.1) is 12.5 Å². The lowest BCUT2D eigenvalue weighted by Crippen LogP contribution is -2.05. The summed E-state index contributed by atoms with van der Waals surface area (Å²) in [5, 5.41) is 4.23. The largest absolute Gasteiger partial charge is 0.502 e. The molecule has 5 nitrogen and oxygen atoms in total. The number of rotatable bonds is 6. The van der Waals surface area contributed by atoms with Crippen molar-refractivity contribution in [1.29, 1.82) is 0 Å². The number of nitrogens with zero attached hydrogens (tertiary/aromatic N) is 3. The average Bonchev–Trinajstić information content (AvgIpc) is 3.35. The van der Waals surface area contributed by atoms with E-state index in [9.17, 15) is 0 Å². The molecule has 0 radical (unpaired) electrons. The van der Waals surface area contributed by atoms with Gasteiger partial charge in [0.05, 0.1) is 12.7 Å². The first kappa shape index (κ1) is 19.9. The van der Waals surface area contributed by atoms with E-state index in [1.807, 2.05) is 26.0 Å². The van der Waals surface area contributed by atoms with Crippen molar-refractivity contribution in [1.82, 2.24) is 10.1 Å². The molecule has 0 saturated carbocycles. The molecular weight excluding hydrogens is 374 g/mol. The van der Waals surface area contributed by atoms with E-state index in [-0.39, 0.29) is 6.10 Å². The molecule has 3 aromatic rings. The Balaban J connectivity index is 1.65. The van der Waals surface area contributed by atoms with E-state index in [0.29, 0.717) is 34.6 Å². The predicted molar refractivity (Wildman–Crippen MR) is 118 cm³/mol. The summed E-state index contributed by atoms with van der Waals surface area (Å²) >= 11 is 0. The van der Waals surface area contributed by atoms with E-state index in [2.05, 4.69) is 47.0 Å². The SMILES string of the molecule is [C-]#[N+]c1cc(-c2nc(-c3cccc4c3CC=C4CC(C)C)no2)ccc1OC(C)C. The lowest BCUT2D eigenvalue weighted by atomic mass is 9.95. The number of fused-ring (bicyclic) bond motifs is 1. The highest BCUT2D eigenvalue weighted by molar-refractivity contribution is 5.80. The molecule has 5 heteroatoms. The van der Waals surface area contributed by atoms with Crippen LogP contribution in [-0.2, 0) is 6.42 Å². The van der Waals surface area contributed by atoms with Gasteiger partial charge in [0.2, 0.25) is 11.5 Å². The Morgan fingerprint density at radius 2 is 1.93 bits per heavy atom. The van der Waals surface area contributed by atoms with Crippen molar-refractivity contribution < 1.29 is 9.26 Å². The smallest absolute Gasteiger partial charge is 0.256 e. The van der Waals surface area contributed by atoms with Crippen molar-refractivity contribution in [2.75, 3.05) is 0 Å². The number of hydrogen-bond donors (Lipinski definition) is 0. The van der Waals surface area contributed by atoms with Gasteiger partial charge in [0.15, 0.2) is 0 Å². The van der Waals surface area contributed by atoms with E-state index < -0.39 is 0 Å². The number of aromatic nitrogens is 2. The molecule has 1 aliphatic rings. The Morgan fingerprint density at radius 3 is 2.67 bits per heavy atom. The van der Waals surface area contributed by atoms with Gasteiger partial charge < -0.3 is 9.26 Å². The molecule has 2 aromatic carbocycles. The van der Waals surface area contributed by atoms with Crippen molar-refractivity contribution in [3.05, 3.63) is 65.0 Å². The molecule has 0 fully saturated rings. The fraction of sp³-hybridized carbons (Fsp3) is 0.320. The lowest BCUT2D eigenvalue weighted by molar-refractivity contribution is 0.244. The van der Waals surface area contributed by atoms with E-state index in [1.54, 1.807) is 12.1 Å². The second-order valence-corrected chi connectivity index (χ2v) is 8.25. The molecule has 1 aliphatic carbocycles. The van der Waals surface area contributed by atoms with Gasteiger partial charge in [-0.1, -0.05) is 43.3 Å². The third-order valence-electron chi connectivity index (χ3n) is 5.06. The van der Waals surface area contributed by atoms with Crippen molar-refractivity contribution >= 4 is 11.3 Å². The van der Waals surface area contributed by atoms with Gasteiger partial charge in [-0.25, -0.2) is 4.85 Å². The van der Waals surface area contributed by atoms with E-state index in [0.717, 1.165) is 18.4 Å². The highest BCUT2D eigenvalue weighted by atomic mass is 16.5. The summed E-state index contributed by atoms with van der Waals surface area (Å²) in [5.74, 6) is 2.15. The van der Waals surface area contributed by atoms with Crippen LogP contribution in [0.15, 0.2) is 47.0 Å². The molecule has 4 rings (SSSR count). The zero-order chi connectivity index (χ0) is 21.3. The molecular formula is C25H25N3O2. The van der Waals surface area contributed by atoms with Crippen LogP contribution < -0.4 is 4.74 Å². The van der Waals surface area contributed by atoms with E-state index >= 15 is 0 Å². The number of hydrogen-bond acceptors (Lipinski definition) is 4. The molecule has 0 saturated heterocycles. The summed E-state index contributed by atoms with van der Waals surface area (Å²) in [6, 6.07) is 11.6. The Kier molecular flexibility index (Phi) is 5.41. The number of ether oxygens (including phenoxy) is 1. The summed E-state index contributed by atoms with van der Waals surface area (Å²) in [6.45, 7) is 15.8. The number of allylic oxidation sites excluding steroid dienone is 2. The first-order valence-electron chi connectivity index (χ1n) is 10.3. The Hall–Kier alpha value is -3.39. The van der Waals surface area contributed by atoms with Gasteiger partial charge in [-0.05, 0) is 67.5 Å². The molecule has 0 amide bonds. The normalized spacial score (nSPS) is 12.8. The quantitative estimate of drug-likeness (QED) is 0.431. The third-order valence-corrected chi connectivity index (χ3v) is 5.06. The molecule has 0 N–H and O–H groups in total. The van der Waals surface area contributed by atoms with Crippen LogP contribution in [0.2, 0.25) is 0 Å². The highest BCUT2D eigenvalue weighted by Gasteiger charge is 2.21. The minimum absolute atomic E-state index is 0.000675. The Morgan fingerprint density at radius 1 is 1.13 bits per heavy atom. The maximum absolute atomic E-state index is 7.45. The predicted octanol–water partition coefficient (Wildman–Crippen LogP) is 6.73. The zero-order valence-electron chi connectivity index (χ0n) is 17.8. The maximum atomic E-state index is 7.45. The summed E-state index contributed by atoms with van der Waals surface area (Å²) in [6.07, 6.45) is 4.27. The average molecular weight is 399 g/mol. The van der Waals surface area contributed by atoms with Crippen molar-refractivity contribution in [3.63, 3.8) is 0 Å². The second kappa shape index (κ2) is 8.16. The van der Waals surface area contributed by atoms with Crippen molar-refractivity contribution in [3.8, 4) is 28.6 Å². The van der Waals surface area contributed by atoms with Crippen molar-refractivity contribution in [2.24, 2.45) is 5.92 Å². The van der Waals surface area contributed by atoms with Gasteiger partial charge in [-0.2, -0.15) is 4.98 Å². The van der Waals surface area contributed by atoms with Crippen LogP contribution in [0.5, 0.6) is 5.75 Å². The van der Waals surface area contributed by atoms with Crippen LogP contribution >= 0.6 is 0 Å². The van der Waals surface area contributed by atoms with Crippen LogP contribution in [-0.4, -0.2) is 16.2 Å². The van der Waals surface area contributed by atoms with Crippen LogP contribution in [0.1, 0.15) is 45.2 Å². The monoisotopic (exact) mass is 399 g/mol. The molecule has 1 aromatic heterocycles. The van der Waals surface area contributed by atoms with E-state index in [1.165, 1.54) is 16.7 Å². The summed E-state index contributed by atoms with van der Waals surface area (Å²) in [7, 11) is 0. The van der Waals surface area contributed by atoms with Crippen LogP contribution in [0.25, 0.3) is 33.3 Å². The first-order valence-corrected chi connectivity index (χ1v) is 10.3. The maximum Gasteiger partial charge on any atom is 0.256 e. The zero-order valence-corrected chi connectivity index (χ0v) is 17.8. The Bertz CT molecular complexity index is 1150. The van der Waals surface area contributed by atoms with Crippen LogP contribution in [0.3, 0.4) is 0 Å². The molecule has 0 unspecified atom stereocenters. The molecule has 0 bridgehead atoms. The fourth-order valence-electron chi connectivity index (χ4n) is 3.83. The second-order valence-electron chi connectivity index (χ2n) is 8.25. The summed E-state index contributed by atoms with van der Waals surface area (Å²) < 4.78 is 11.3. The molecule has 30 heavy (non-hydrogen) atoms. The lowest BCUT2D eigenvalue weighted by Gasteiger charge is -2.11. The van der Waals surface area contributed by atoms with Gasteiger partial charge in [0.25, 0.3) is 5.89 Å². The first-order chi connectivity index (χ1) is 14.5. The molecule has 0 atom stereocenters. The van der Waals surface area contributed by atoms with Gasteiger partial charge in [-0.3, -0.25) is 0 Å². The highest BCUT2D eigenvalue weighted by Crippen LogP contribution is 2.38. The molecule has 0 aliphatic heterocycles. The van der Waals surface area contributed by atoms with Gasteiger partial charge >= 0.3 is 0 Å². The number of benzene rings is 2. The molecule has 1 heterocycles. The van der Waals surface area contributed by atoms with Gasteiger partial charge in [0.1, 0.15) is 5.75 Å². The Labute approximate surface area is 177 Å². The molecule has 0 spiro atoms. The van der Waals surface area contributed by atoms with Gasteiger partial charge in [0, 0.05) is 11.1 Å². The van der Waals surface area contributed by atoms with Crippen molar-refractivity contribution in [2.45, 2.75) is 46.6 Å². The van der Waals surface area contributed by atoms with Gasteiger partial charge in [-0.15, -0.1) is 0 Å². The fourth-order valence-corrected chi connectivity index (χ4v) is 3.83. The minimum Gasteiger partial charge on any atom is -0.502 e. The molecule has 152 valence electrons. The standard InChI is InChI=1S/C25H25N3O2/c1-15(2)13-17-9-11-20-19(17)7-6-8-21(20)24-27-25(30-28-24)18-10-12-23(29-16(3)4)22(14-18)26-5/h6-10,12,14-16H,11,13H2,1-4H3. The topological polar surface area (TPSA) is 52.5 Å². The van der Waals surface area contributed by atoms with Crippen LogP contribution in [0.4, 0.5) is 5.69 Å². The summed E-state index contributed by atoms with van der Waals surface area (Å²) in [4.78, 5) is 8.22. The van der Waals surface area contributed by atoms with E-state index in [4.69, 9.17) is 15.8 Å². The minimum atomic E-state index is 0.000675.